The molecule has 4 N–H and O–H groups in total. The summed E-state index contributed by atoms with van der Waals surface area (Å²) in [6, 6.07) is -0.526. The van der Waals surface area contributed by atoms with Crippen LogP contribution in [0.4, 0.5) is 4.79 Å². The Morgan fingerprint density at radius 1 is 1.24 bits per heavy atom. The predicted octanol–water partition coefficient (Wildman–Crippen LogP) is 2.28. The van der Waals surface area contributed by atoms with Gasteiger partial charge < -0.3 is 15.8 Å². The number of nitrogens with one attached hydrogen (secondary N) is 2. The third-order valence-electron chi connectivity index (χ3n) is 1.84. The Labute approximate surface area is 109 Å². The van der Waals surface area contributed by atoms with Crippen molar-refractivity contribution in [1.29, 1.82) is 5.41 Å². The van der Waals surface area contributed by atoms with Crippen LogP contribution >= 0.6 is 12.4 Å². The van der Waals surface area contributed by atoms with Gasteiger partial charge in [-0.3, -0.25) is 5.41 Å². The van der Waals surface area contributed by atoms with Crippen LogP contribution in [0.5, 0.6) is 0 Å². The van der Waals surface area contributed by atoms with Crippen molar-refractivity contribution in [3.8, 4) is 0 Å². The molecular formula is C11H24ClN3O2. The first-order chi connectivity index (χ1) is 6.93. The third-order valence-corrected chi connectivity index (χ3v) is 1.84. The maximum absolute atomic E-state index is 11.5. The molecule has 0 aromatic rings. The zero-order chi connectivity index (χ0) is 13.1. The van der Waals surface area contributed by atoms with E-state index >= 15 is 0 Å². The number of hydrogen-bond acceptors (Lipinski definition) is 3. The summed E-state index contributed by atoms with van der Waals surface area (Å²) in [6.45, 7) is 11.1. The molecule has 0 heterocycles. The molecule has 0 spiro atoms. The molecule has 0 aromatic heterocycles. The van der Waals surface area contributed by atoms with Crippen molar-refractivity contribution in [1.82, 2.24) is 5.32 Å². The van der Waals surface area contributed by atoms with Gasteiger partial charge in [-0.2, -0.15) is 0 Å². The highest BCUT2D eigenvalue weighted by molar-refractivity contribution is 5.87. The molecule has 0 aliphatic heterocycles. The van der Waals surface area contributed by atoms with Gasteiger partial charge in [0.2, 0.25) is 0 Å². The van der Waals surface area contributed by atoms with E-state index in [1.54, 1.807) is 20.8 Å². The minimum absolute atomic E-state index is 0. The van der Waals surface area contributed by atoms with Gasteiger partial charge in [0.05, 0.1) is 6.04 Å². The number of halogens is 1. The molecule has 1 unspecified atom stereocenters. The smallest absolute Gasteiger partial charge is 0.408 e. The van der Waals surface area contributed by atoms with Crippen LogP contribution in [-0.4, -0.2) is 23.6 Å². The van der Waals surface area contributed by atoms with Gasteiger partial charge in [-0.05, 0) is 26.2 Å². The van der Waals surface area contributed by atoms with Crippen molar-refractivity contribution in [2.45, 2.75) is 53.2 Å². The molecule has 17 heavy (non-hydrogen) atoms. The van der Waals surface area contributed by atoms with E-state index in [0.29, 0.717) is 0 Å². The number of alkyl carbamates (subject to hydrolysis) is 1. The Morgan fingerprint density at radius 3 is 1.88 bits per heavy atom. The molecule has 0 bridgehead atoms. The SMILES string of the molecule is CC(C)(C)OC(=O)NC(C(=N)N)C(C)(C)C.Cl. The standard InChI is InChI=1S/C11H23N3O2.ClH/c1-10(2,3)7(8(12)13)14-9(15)16-11(4,5)6;/h7H,1-6H3,(H3,12,13)(H,14,15);1H. The average molecular weight is 266 g/mol. The van der Waals surface area contributed by atoms with E-state index in [0.717, 1.165) is 0 Å². The molecule has 102 valence electrons. The van der Waals surface area contributed by atoms with E-state index in [-0.39, 0.29) is 23.7 Å². The Kier molecular flexibility index (Phi) is 6.60. The topological polar surface area (TPSA) is 88.2 Å². The van der Waals surface area contributed by atoms with Gasteiger partial charge in [-0.15, -0.1) is 12.4 Å². The highest BCUT2D eigenvalue weighted by atomic mass is 35.5. The monoisotopic (exact) mass is 265 g/mol. The second kappa shape index (κ2) is 6.10. The maximum atomic E-state index is 11.5. The van der Waals surface area contributed by atoms with Gasteiger partial charge >= 0.3 is 6.09 Å². The molecule has 0 aliphatic rings. The number of carbonyl (C=O) groups excluding carboxylic acids is 1. The molecular weight excluding hydrogens is 242 g/mol. The summed E-state index contributed by atoms with van der Waals surface area (Å²) < 4.78 is 5.11. The summed E-state index contributed by atoms with van der Waals surface area (Å²) in [6.07, 6.45) is -0.553. The van der Waals surface area contributed by atoms with Crippen molar-refractivity contribution in [3.63, 3.8) is 0 Å². The molecule has 6 heteroatoms. The van der Waals surface area contributed by atoms with Crippen LogP contribution in [0.3, 0.4) is 0 Å². The lowest BCUT2D eigenvalue weighted by Crippen LogP contribution is -2.52. The molecule has 1 atom stereocenters. The fourth-order valence-corrected chi connectivity index (χ4v) is 1.19. The molecule has 0 aliphatic carbocycles. The van der Waals surface area contributed by atoms with E-state index in [1.165, 1.54) is 0 Å². The van der Waals surface area contributed by atoms with Gasteiger partial charge in [-0.25, -0.2) is 4.79 Å². The van der Waals surface area contributed by atoms with E-state index in [9.17, 15) is 4.79 Å². The second-order valence-corrected chi connectivity index (χ2v) is 5.90. The number of amidine groups is 1. The van der Waals surface area contributed by atoms with Crippen LogP contribution in [0.2, 0.25) is 0 Å². The lowest BCUT2D eigenvalue weighted by molar-refractivity contribution is 0.0490. The van der Waals surface area contributed by atoms with E-state index < -0.39 is 17.7 Å². The lowest BCUT2D eigenvalue weighted by Gasteiger charge is -2.31. The van der Waals surface area contributed by atoms with Gasteiger partial charge in [0, 0.05) is 0 Å². The molecule has 1 amide bonds. The fraction of sp³-hybridized carbons (Fsp3) is 0.818. The summed E-state index contributed by atoms with van der Waals surface area (Å²) in [5.41, 5.74) is 4.58. The summed E-state index contributed by atoms with van der Waals surface area (Å²) in [5.74, 6) is -0.0710. The second-order valence-electron chi connectivity index (χ2n) is 5.90. The Morgan fingerprint density at radius 2 is 1.65 bits per heavy atom. The Hall–Kier alpha value is -0.970. The van der Waals surface area contributed by atoms with Crippen LogP contribution in [0.15, 0.2) is 0 Å². The van der Waals surface area contributed by atoms with E-state index in [4.69, 9.17) is 15.9 Å². The minimum atomic E-state index is -0.553. The minimum Gasteiger partial charge on any atom is -0.444 e. The van der Waals surface area contributed by atoms with Crippen molar-refractivity contribution < 1.29 is 9.53 Å². The zero-order valence-electron chi connectivity index (χ0n) is 11.4. The molecule has 0 saturated carbocycles. The average Bonchev–Trinajstić information content (AvgIpc) is 1.93. The van der Waals surface area contributed by atoms with Crippen LogP contribution in [0, 0.1) is 10.8 Å². The summed E-state index contributed by atoms with van der Waals surface area (Å²) in [4.78, 5) is 11.5. The molecule has 0 aromatic carbocycles. The number of hydrogen-bond donors (Lipinski definition) is 3. The largest absolute Gasteiger partial charge is 0.444 e. The molecule has 0 rings (SSSR count). The first-order valence-electron chi connectivity index (χ1n) is 5.27. The normalized spacial score (nSPS) is 13.3. The van der Waals surface area contributed by atoms with Crippen LogP contribution in [-0.2, 0) is 4.74 Å². The van der Waals surface area contributed by atoms with Crippen molar-refractivity contribution in [2.75, 3.05) is 0 Å². The van der Waals surface area contributed by atoms with Crippen LogP contribution in [0.1, 0.15) is 41.5 Å². The number of ether oxygens (including phenoxy) is 1. The number of carbonyl (C=O) groups is 1. The number of amides is 1. The molecule has 5 nitrogen and oxygen atoms in total. The van der Waals surface area contributed by atoms with Crippen LogP contribution < -0.4 is 11.1 Å². The maximum Gasteiger partial charge on any atom is 0.408 e. The Balaban J connectivity index is 0. The quantitative estimate of drug-likeness (QED) is 0.529. The first kappa shape index (κ1) is 18.4. The fourth-order valence-electron chi connectivity index (χ4n) is 1.19. The van der Waals surface area contributed by atoms with Gasteiger partial charge in [0.1, 0.15) is 11.4 Å². The van der Waals surface area contributed by atoms with E-state index in [1.807, 2.05) is 20.8 Å². The highest BCUT2D eigenvalue weighted by Crippen LogP contribution is 2.19. The summed E-state index contributed by atoms with van der Waals surface area (Å²) in [7, 11) is 0. The van der Waals surface area contributed by atoms with Crippen molar-refractivity contribution >= 4 is 24.3 Å². The zero-order valence-corrected chi connectivity index (χ0v) is 12.2. The highest BCUT2D eigenvalue weighted by Gasteiger charge is 2.30. The lowest BCUT2D eigenvalue weighted by atomic mass is 9.86. The van der Waals surface area contributed by atoms with Crippen molar-refractivity contribution in [3.05, 3.63) is 0 Å². The van der Waals surface area contributed by atoms with E-state index in [2.05, 4.69) is 5.32 Å². The van der Waals surface area contributed by atoms with Gasteiger partial charge in [0.25, 0.3) is 0 Å². The molecule has 0 saturated heterocycles. The first-order valence-corrected chi connectivity index (χ1v) is 5.27. The number of nitrogens with two attached hydrogens (primary N) is 1. The summed E-state index contributed by atoms with van der Waals surface area (Å²) >= 11 is 0. The third kappa shape index (κ3) is 7.85. The Bertz CT molecular complexity index is 279. The molecule has 0 fully saturated rings. The summed E-state index contributed by atoms with van der Waals surface area (Å²) in [5, 5.41) is 10.0. The van der Waals surface area contributed by atoms with Gasteiger partial charge in [0.15, 0.2) is 0 Å². The number of rotatable bonds is 2. The van der Waals surface area contributed by atoms with Crippen molar-refractivity contribution in [2.24, 2.45) is 11.1 Å². The predicted molar refractivity (Wildman–Crippen MR) is 71.8 cm³/mol. The van der Waals surface area contributed by atoms with Crippen LogP contribution in [0.25, 0.3) is 0 Å². The molecule has 0 radical (unpaired) electrons. The van der Waals surface area contributed by atoms with Gasteiger partial charge in [-0.1, -0.05) is 20.8 Å².